The summed E-state index contributed by atoms with van der Waals surface area (Å²) in [5, 5.41) is 0.901. The Kier molecular flexibility index (Phi) is 4.72. The lowest BCUT2D eigenvalue weighted by molar-refractivity contribution is -0.143. The number of carbonyl (C=O) groups is 1. The number of fused-ring (bicyclic) bond motifs is 3. The highest BCUT2D eigenvalue weighted by Crippen LogP contribution is 2.39. The van der Waals surface area contributed by atoms with Crippen LogP contribution in [0.5, 0.6) is 0 Å². The van der Waals surface area contributed by atoms with E-state index in [0.29, 0.717) is 27.9 Å². The third-order valence-corrected chi connectivity index (χ3v) is 5.04. The van der Waals surface area contributed by atoms with E-state index >= 15 is 0 Å². The van der Waals surface area contributed by atoms with Crippen molar-refractivity contribution in [2.24, 2.45) is 5.73 Å². The molecule has 0 aliphatic carbocycles. The second-order valence-electron chi connectivity index (χ2n) is 6.95. The van der Waals surface area contributed by atoms with Crippen LogP contribution in [0, 0.1) is 6.07 Å². The number of alkyl halides is 6. The van der Waals surface area contributed by atoms with Crippen LogP contribution >= 0.6 is 0 Å². The van der Waals surface area contributed by atoms with Gasteiger partial charge in [-0.25, -0.2) is 0 Å². The molecule has 4 rings (SSSR count). The lowest BCUT2D eigenvalue weighted by Gasteiger charge is -2.17. The second-order valence-corrected chi connectivity index (χ2v) is 6.95. The van der Waals surface area contributed by atoms with Crippen molar-refractivity contribution in [2.45, 2.75) is 18.9 Å². The van der Waals surface area contributed by atoms with Crippen LogP contribution in [0.15, 0.2) is 54.6 Å². The second kappa shape index (κ2) is 7.04. The Bertz CT molecular complexity index is 1320. The Balaban J connectivity index is 1.98. The smallest absolute Gasteiger partial charge is 0.366 e. The zero-order valence-electron chi connectivity index (χ0n) is 15.6. The summed E-state index contributed by atoms with van der Waals surface area (Å²) in [7, 11) is 0. The van der Waals surface area contributed by atoms with Crippen molar-refractivity contribution in [3.8, 4) is 0 Å². The Morgan fingerprint density at radius 2 is 1.65 bits per heavy atom. The molecule has 0 aliphatic rings. The van der Waals surface area contributed by atoms with E-state index in [1.54, 1.807) is 24.3 Å². The van der Waals surface area contributed by atoms with Gasteiger partial charge in [0, 0.05) is 22.9 Å². The molecule has 1 aromatic heterocycles. The molecule has 3 aromatic carbocycles. The number of amides is 1. The SMILES string of the molecule is NC(=O)c1cccc2c1c1[c]cccc1n2Cc1ccc(C(F)(F)F)cc1C(F)(F)F. The van der Waals surface area contributed by atoms with E-state index < -0.39 is 29.4 Å². The molecule has 4 aromatic rings. The van der Waals surface area contributed by atoms with Gasteiger partial charge in [0.15, 0.2) is 0 Å². The third kappa shape index (κ3) is 3.60. The van der Waals surface area contributed by atoms with Crippen molar-refractivity contribution < 1.29 is 31.1 Å². The molecule has 1 amide bonds. The van der Waals surface area contributed by atoms with Gasteiger partial charge in [0.05, 0.1) is 22.2 Å². The molecule has 0 spiro atoms. The first-order valence-corrected chi connectivity index (χ1v) is 8.97. The number of nitrogens with zero attached hydrogens (tertiary/aromatic N) is 1. The minimum atomic E-state index is -4.99. The van der Waals surface area contributed by atoms with E-state index in [1.807, 2.05) is 0 Å². The van der Waals surface area contributed by atoms with E-state index in [-0.39, 0.29) is 23.7 Å². The maximum absolute atomic E-state index is 13.6. The lowest BCUT2D eigenvalue weighted by atomic mass is 10.0. The molecule has 0 unspecified atom stereocenters. The number of carbonyl (C=O) groups excluding carboxylic acids is 1. The van der Waals surface area contributed by atoms with Gasteiger partial charge in [-0.3, -0.25) is 4.79 Å². The first-order valence-electron chi connectivity index (χ1n) is 8.97. The van der Waals surface area contributed by atoms with Crippen LogP contribution in [-0.2, 0) is 18.9 Å². The fourth-order valence-electron chi connectivity index (χ4n) is 3.71. The third-order valence-electron chi connectivity index (χ3n) is 5.04. The van der Waals surface area contributed by atoms with E-state index in [1.165, 1.54) is 16.7 Å². The number of rotatable bonds is 3. The quantitative estimate of drug-likeness (QED) is 0.408. The van der Waals surface area contributed by atoms with Gasteiger partial charge in [0.1, 0.15) is 0 Å². The van der Waals surface area contributed by atoms with Gasteiger partial charge in [-0.2, -0.15) is 26.3 Å². The molecule has 1 radical (unpaired) electrons. The maximum Gasteiger partial charge on any atom is 0.416 e. The fraction of sp³-hybridized carbons (Fsp3) is 0.136. The van der Waals surface area contributed by atoms with Crippen LogP contribution in [0.4, 0.5) is 26.3 Å². The fourth-order valence-corrected chi connectivity index (χ4v) is 3.71. The van der Waals surface area contributed by atoms with Crippen LogP contribution in [0.2, 0.25) is 0 Å². The average molecular weight is 435 g/mol. The van der Waals surface area contributed by atoms with Crippen LogP contribution in [0.3, 0.4) is 0 Å². The molecule has 0 fully saturated rings. The summed E-state index contributed by atoms with van der Waals surface area (Å²) in [6.07, 6.45) is -9.89. The summed E-state index contributed by atoms with van der Waals surface area (Å²) in [5.41, 5.74) is 3.43. The molecule has 0 aliphatic heterocycles. The monoisotopic (exact) mass is 435 g/mol. The average Bonchev–Trinajstić information content (AvgIpc) is 3.00. The van der Waals surface area contributed by atoms with Crippen LogP contribution in [0.1, 0.15) is 27.0 Å². The molecule has 2 N–H and O–H groups in total. The topological polar surface area (TPSA) is 48.0 Å². The van der Waals surface area contributed by atoms with Gasteiger partial charge >= 0.3 is 12.4 Å². The van der Waals surface area contributed by atoms with Crippen LogP contribution in [-0.4, -0.2) is 10.5 Å². The standard InChI is InChI=1S/C22H13F6N2O/c23-21(24,25)13-9-8-12(16(10-13)22(26,27)28)11-30-17-6-2-1-4-14(17)19-15(20(29)31)5-3-7-18(19)30/h1-3,5-10H,11H2,(H2,29,31). The highest BCUT2D eigenvalue weighted by molar-refractivity contribution is 6.17. The van der Waals surface area contributed by atoms with Crippen LogP contribution in [0.25, 0.3) is 21.8 Å². The van der Waals surface area contributed by atoms with E-state index in [0.717, 1.165) is 6.07 Å². The van der Waals surface area contributed by atoms with Gasteiger partial charge in [-0.15, -0.1) is 0 Å². The molecular weight excluding hydrogens is 422 g/mol. The minimum Gasteiger partial charge on any atom is -0.366 e. The van der Waals surface area contributed by atoms with Crippen molar-refractivity contribution in [1.29, 1.82) is 0 Å². The van der Waals surface area contributed by atoms with Crippen LogP contribution < -0.4 is 5.73 Å². The van der Waals surface area contributed by atoms with Gasteiger partial charge in [-0.05, 0) is 42.0 Å². The summed E-state index contributed by atoms with van der Waals surface area (Å²) >= 11 is 0. The molecule has 0 bridgehead atoms. The van der Waals surface area contributed by atoms with Gasteiger partial charge < -0.3 is 10.3 Å². The first kappa shape index (κ1) is 20.8. The number of halogens is 6. The summed E-state index contributed by atoms with van der Waals surface area (Å²) in [5.74, 6) is -0.715. The summed E-state index contributed by atoms with van der Waals surface area (Å²) < 4.78 is 81.2. The molecule has 31 heavy (non-hydrogen) atoms. The molecule has 0 saturated heterocycles. The van der Waals surface area contributed by atoms with Crippen molar-refractivity contribution in [2.75, 3.05) is 0 Å². The van der Waals surface area contributed by atoms with E-state index in [2.05, 4.69) is 6.07 Å². The number of benzene rings is 3. The Morgan fingerprint density at radius 1 is 0.935 bits per heavy atom. The predicted molar refractivity (Wildman–Crippen MR) is 102 cm³/mol. The van der Waals surface area contributed by atoms with Gasteiger partial charge in [0.2, 0.25) is 5.91 Å². The molecule has 9 heteroatoms. The van der Waals surface area contributed by atoms with Crippen molar-refractivity contribution in [3.05, 3.63) is 82.9 Å². The molecule has 0 saturated carbocycles. The number of hydrogen-bond acceptors (Lipinski definition) is 1. The number of aromatic nitrogens is 1. The Labute approximate surface area is 171 Å². The van der Waals surface area contributed by atoms with E-state index in [4.69, 9.17) is 5.73 Å². The zero-order chi connectivity index (χ0) is 22.6. The van der Waals surface area contributed by atoms with E-state index in [9.17, 15) is 31.1 Å². The van der Waals surface area contributed by atoms with Crippen molar-refractivity contribution in [3.63, 3.8) is 0 Å². The van der Waals surface area contributed by atoms with Gasteiger partial charge in [-0.1, -0.05) is 24.3 Å². The Morgan fingerprint density at radius 3 is 2.29 bits per heavy atom. The first-order chi connectivity index (χ1) is 14.5. The van der Waals surface area contributed by atoms with Gasteiger partial charge in [0.25, 0.3) is 0 Å². The maximum atomic E-state index is 13.6. The summed E-state index contributed by atoms with van der Waals surface area (Å²) in [6.45, 7) is -0.368. The largest absolute Gasteiger partial charge is 0.416 e. The molecule has 159 valence electrons. The van der Waals surface area contributed by atoms with Crippen molar-refractivity contribution >= 4 is 27.7 Å². The predicted octanol–water partition coefficient (Wildman–Crippen LogP) is 5.78. The van der Waals surface area contributed by atoms with Crippen molar-refractivity contribution in [1.82, 2.24) is 4.57 Å². The highest BCUT2D eigenvalue weighted by Gasteiger charge is 2.38. The molecule has 3 nitrogen and oxygen atoms in total. The molecule has 1 heterocycles. The minimum absolute atomic E-state index is 0.115. The number of primary amides is 1. The highest BCUT2D eigenvalue weighted by atomic mass is 19.4. The summed E-state index contributed by atoms with van der Waals surface area (Å²) in [6, 6.07) is 14.0. The lowest BCUT2D eigenvalue weighted by Crippen LogP contribution is -2.15. The zero-order valence-corrected chi connectivity index (χ0v) is 15.6. The number of nitrogens with two attached hydrogens (primary N) is 1. The molecular formula is C22H13F6N2O. The Hall–Kier alpha value is -3.49. The normalized spacial score (nSPS) is 12.6. The summed E-state index contributed by atoms with van der Waals surface area (Å²) in [4.78, 5) is 11.9. The molecule has 0 atom stereocenters. The number of hydrogen-bond donors (Lipinski definition) is 1.